The second kappa shape index (κ2) is 6.65. The van der Waals surface area contributed by atoms with Crippen molar-refractivity contribution in [3.63, 3.8) is 0 Å². The van der Waals surface area contributed by atoms with Crippen LogP contribution in [-0.2, 0) is 6.54 Å². The molecule has 0 aliphatic rings. The molecule has 0 aliphatic heterocycles. The van der Waals surface area contributed by atoms with Gasteiger partial charge in [0, 0.05) is 17.1 Å². The zero-order valence-corrected chi connectivity index (χ0v) is 12.3. The highest BCUT2D eigenvalue weighted by atomic mass is 35.5. The Morgan fingerprint density at radius 3 is 2.67 bits per heavy atom. The molecule has 0 saturated heterocycles. The Balaban J connectivity index is 2.18. The highest BCUT2D eigenvalue weighted by molar-refractivity contribution is 6.36. The largest absolute Gasteiger partial charge is 0.409 e. The van der Waals surface area contributed by atoms with Gasteiger partial charge in [-0.15, -0.1) is 0 Å². The van der Waals surface area contributed by atoms with Crippen molar-refractivity contribution in [3.8, 4) is 0 Å². The van der Waals surface area contributed by atoms with Gasteiger partial charge in [0.2, 0.25) is 0 Å². The van der Waals surface area contributed by atoms with Gasteiger partial charge in [0.25, 0.3) is 0 Å². The number of amidine groups is 1. The number of hydrogen-bond acceptors (Lipinski definition) is 3. The molecule has 0 heterocycles. The van der Waals surface area contributed by atoms with E-state index in [0.717, 1.165) is 0 Å². The summed E-state index contributed by atoms with van der Waals surface area (Å²) in [7, 11) is 0. The van der Waals surface area contributed by atoms with Crippen LogP contribution in [0.5, 0.6) is 0 Å². The Bertz CT molecular complexity index is 692. The van der Waals surface area contributed by atoms with Gasteiger partial charge in [-0.1, -0.05) is 28.4 Å². The maximum absolute atomic E-state index is 13.5. The van der Waals surface area contributed by atoms with Crippen LogP contribution in [0, 0.1) is 5.82 Å². The summed E-state index contributed by atoms with van der Waals surface area (Å²) in [5.74, 6) is -0.627. The fourth-order valence-corrected chi connectivity index (χ4v) is 2.26. The van der Waals surface area contributed by atoms with Crippen LogP contribution in [0.4, 0.5) is 10.1 Å². The number of hydrogen-bond donors (Lipinski definition) is 3. The first-order chi connectivity index (χ1) is 9.99. The lowest BCUT2D eigenvalue weighted by Gasteiger charge is -2.10. The second-order valence-corrected chi connectivity index (χ2v) is 5.15. The van der Waals surface area contributed by atoms with Crippen LogP contribution < -0.4 is 11.1 Å². The molecule has 2 rings (SSSR count). The van der Waals surface area contributed by atoms with Gasteiger partial charge in [0.1, 0.15) is 5.82 Å². The molecule has 4 nitrogen and oxygen atoms in total. The van der Waals surface area contributed by atoms with E-state index in [2.05, 4.69) is 10.5 Å². The molecule has 0 aliphatic carbocycles. The summed E-state index contributed by atoms with van der Waals surface area (Å²) in [6, 6.07) is 9.20. The summed E-state index contributed by atoms with van der Waals surface area (Å²) in [5.41, 5.74) is 7.06. The quantitative estimate of drug-likeness (QED) is 0.346. The molecule has 0 aromatic heterocycles. The number of nitrogens with one attached hydrogen (secondary N) is 1. The molecule has 0 fully saturated rings. The van der Waals surface area contributed by atoms with Crippen LogP contribution in [0.3, 0.4) is 0 Å². The van der Waals surface area contributed by atoms with Gasteiger partial charge in [0.15, 0.2) is 5.84 Å². The summed E-state index contributed by atoms with van der Waals surface area (Å²) in [4.78, 5) is 0. The minimum Gasteiger partial charge on any atom is -0.409 e. The maximum Gasteiger partial charge on any atom is 0.170 e. The Morgan fingerprint density at radius 2 is 2.00 bits per heavy atom. The second-order valence-electron chi connectivity index (χ2n) is 4.31. The summed E-state index contributed by atoms with van der Waals surface area (Å²) in [6.45, 7) is 0.324. The molecular weight excluding hydrogens is 316 g/mol. The average Bonchev–Trinajstić information content (AvgIpc) is 2.45. The van der Waals surface area contributed by atoms with Gasteiger partial charge in [-0.3, -0.25) is 0 Å². The van der Waals surface area contributed by atoms with E-state index in [-0.39, 0.29) is 5.84 Å². The number of nitrogens with zero attached hydrogens (tertiary/aromatic N) is 1. The molecular formula is C14H12Cl2FN3O. The van der Waals surface area contributed by atoms with Crippen molar-refractivity contribution in [2.24, 2.45) is 10.9 Å². The third-order valence-corrected chi connectivity index (χ3v) is 3.32. The van der Waals surface area contributed by atoms with Crippen molar-refractivity contribution in [1.29, 1.82) is 0 Å². The van der Waals surface area contributed by atoms with Crippen molar-refractivity contribution < 1.29 is 9.60 Å². The van der Waals surface area contributed by atoms with Crippen molar-refractivity contribution in [2.45, 2.75) is 6.54 Å². The normalized spacial score (nSPS) is 11.5. The van der Waals surface area contributed by atoms with E-state index in [4.69, 9.17) is 34.1 Å². The minimum atomic E-state index is -0.474. The number of anilines is 1. The average molecular weight is 328 g/mol. The molecule has 4 N–H and O–H groups in total. The summed E-state index contributed by atoms with van der Waals surface area (Å²) in [5, 5.41) is 15.6. The van der Waals surface area contributed by atoms with Crippen LogP contribution in [0.25, 0.3) is 0 Å². The molecule has 7 heteroatoms. The van der Waals surface area contributed by atoms with Gasteiger partial charge in [-0.2, -0.15) is 0 Å². The Kier molecular flexibility index (Phi) is 4.88. The monoisotopic (exact) mass is 327 g/mol. The lowest BCUT2D eigenvalue weighted by atomic mass is 10.1. The van der Waals surface area contributed by atoms with Crippen LogP contribution in [0.2, 0.25) is 10.0 Å². The van der Waals surface area contributed by atoms with Crippen LogP contribution >= 0.6 is 23.2 Å². The van der Waals surface area contributed by atoms with Crippen LogP contribution in [0.1, 0.15) is 11.1 Å². The van der Waals surface area contributed by atoms with Gasteiger partial charge in [0.05, 0.1) is 10.7 Å². The van der Waals surface area contributed by atoms with E-state index in [0.29, 0.717) is 33.4 Å². The van der Waals surface area contributed by atoms with Gasteiger partial charge in [-0.25, -0.2) is 4.39 Å². The molecule has 0 spiro atoms. The molecule has 21 heavy (non-hydrogen) atoms. The first-order valence-electron chi connectivity index (χ1n) is 5.96. The van der Waals surface area contributed by atoms with Crippen LogP contribution in [-0.4, -0.2) is 11.0 Å². The predicted octanol–water partition coefficient (Wildman–Crippen LogP) is 3.84. The summed E-state index contributed by atoms with van der Waals surface area (Å²) < 4.78 is 13.5. The number of oxime groups is 1. The zero-order valence-electron chi connectivity index (χ0n) is 10.8. The summed E-state index contributed by atoms with van der Waals surface area (Å²) in [6.07, 6.45) is 0. The molecule has 0 atom stereocenters. The van der Waals surface area contributed by atoms with Gasteiger partial charge in [-0.05, 0) is 42.0 Å². The first kappa shape index (κ1) is 15.4. The molecule has 0 unspecified atom stereocenters. The Labute approximate surface area is 131 Å². The molecule has 2 aromatic rings. The SMILES string of the molecule is N/C(=N/O)c1cc(F)cc(CNc2ccc(Cl)cc2Cl)c1. The third kappa shape index (κ3) is 4.00. The molecule has 0 saturated carbocycles. The van der Waals surface area contributed by atoms with Crippen molar-refractivity contribution >= 4 is 34.7 Å². The van der Waals surface area contributed by atoms with Crippen molar-refractivity contribution in [1.82, 2.24) is 0 Å². The Hall–Kier alpha value is -1.98. The van der Waals surface area contributed by atoms with Gasteiger partial charge < -0.3 is 16.3 Å². The molecule has 0 amide bonds. The smallest absolute Gasteiger partial charge is 0.170 e. The first-order valence-corrected chi connectivity index (χ1v) is 6.71. The lowest BCUT2D eigenvalue weighted by molar-refractivity contribution is 0.318. The van der Waals surface area contributed by atoms with Crippen molar-refractivity contribution in [3.05, 3.63) is 63.4 Å². The Morgan fingerprint density at radius 1 is 1.24 bits per heavy atom. The van der Waals surface area contributed by atoms with Crippen molar-refractivity contribution in [2.75, 3.05) is 5.32 Å². The topological polar surface area (TPSA) is 70.6 Å². The molecule has 2 aromatic carbocycles. The number of benzene rings is 2. The lowest BCUT2D eigenvalue weighted by Crippen LogP contribution is -2.14. The highest BCUT2D eigenvalue weighted by Crippen LogP contribution is 2.25. The maximum atomic E-state index is 13.5. The van der Waals surface area contributed by atoms with E-state index < -0.39 is 5.82 Å². The van der Waals surface area contributed by atoms with Gasteiger partial charge >= 0.3 is 0 Å². The van der Waals surface area contributed by atoms with E-state index in [1.807, 2.05) is 0 Å². The third-order valence-electron chi connectivity index (χ3n) is 2.78. The van der Waals surface area contributed by atoms with E-state index in [9.17, 15) is 4.39 Å². The zero-order chi connectivity index (χ0) is 15.4. The standard InChI is InChI=1S/C14H12Cl2FN3O/c15-10-1-2-13(12(16)6-10)19-7-8-3-9(14(18)20-21)5-11(17)4-8/h1-6,19,21H,7H2,(H2,18,20). The molecule has 110 valence electrons. The number of halogens is 3. The number of rotatable bonds is 4. The predicted molar refractivity (Wildman–Crippen MR) is 82.7 cm³/mol. The van der Waals surface area contributed by atoms with E-state index in [1.54, 1.807) is 24.3 Å². The van der Waals surface area contributed by atoms with E-state index in [1.165, 1.54) is 12.1 Å². The molecule has 0 radical (unpaired) electrons. The van der Waals surface area contributed by atoms with E-state index >= 15 is 0 Å². The summed E-state index contributed by atoms with van der Waals surface area (Å²) >= 11 is 11.9. The molecule has 0 bridgehead atoms. The van der Waals surface area contributed by atoms with Crippen LogP contribution in [0.15, 0.2) is 41.6 Å². The number of nitrogens with two attached hydrogens (primary N) is 1. The highest BCUT2D eigenvalue weighted by Gasteiger charge is 2.06. The fourth-order valence-electron chi connectivity index (χ4n) is 1.79. The minimum absolute atomic E-state index is 0.153. The fraction of sp³-hybridized carbons (Fsp3) is 0.0714.